The van der Waals surface area contributed by atoms with Gasteiger partial charge in [0.2, 0.25) is 0 Å². The van der Waals surface area contributed by atoms with E-state index < -0.39 is 15.5 Å². The van der Waals surface area contributed by atoms with Gasteiger partial charge >= 0.3 is 5.69 Å². The Kier molecular flexibility index (Phi) is 5.27. The molecule has 1 N–H and O–H groups in total. The molecule has 0 spiro atoms. The highest BCUT2D eigenvalue weighted by Crippen LogP contribution is 2.29. The van der Waals surface area contributed by atoms with E-state index in [9.17, 15) is 20.2 Å². The van der Waals surface area contributed by atoms with Crippen LogP contribution in [0.15, 0.2) is 68.6 Å². The van der Waals surface area contributed by atoms with Crippen molar-refractivity contribution in [1.29, 1.82) is 0 Å². The molecule has 0 aliphatic heterocycles. The van der Waals surface area contributed by atoms with Crippen LogP contribution in [-0.4, -0.2) is 16.1 Å². The van der Waals surface area contributed by atoms with Crippen LogP contribution in [0.1, 0.15) is 5.76 Å². The van der Waals surface area contributed by atoms with Gasteiger partial charge in [0, 0.05) is 16.1 Å². The lowest BCUT2D eigenvalue weighted by Gasteiger charge is -2.01. The van der Waals surface area contributed by atoms with Gasteiger partial charge in [-0.15, -0.1) is 0 Å². The van der Waals surface area contributed by atoms with Crippen LogP contribution in [0.5, 0.6) is 0 Å². The molecule has 0 aliphatic rings. The maximum Gasteiger partial charge on any atom is 0.301 e. The molecule has 1 heterocycles. The average molecular weight is 431 g/mol. The Morgan fingerprint density at radius 3 is 2.56 bits per heavy atom. The molecule has 2 aromatic carbocycles. The van der Waals surface area contributed by atoms with Gasteiger partial charge in [0.15, 0.2) is 0 Å². The van der Waals surface area contributed by atoms with E-state index in [2.05, 4.69) is 26.5 Å². The van der Waals surface area contributed by atoms with E-state index in [1.807, 2.05) is 24.3 Å². The van der Waals surface area contributed by atoms with Crippen LogP contribution in [-0.2, 0) is 0 Å². The third kappa shape index (κ3) is 4.36. The minimum Gasteiger partial charge on any atom is -0.455 e. The summed E-state index contributed by atoms with van der Waals surface area (Å²) in [6.07, 6.45) is 1.35. The molecule has 0 saturated carbocycles. The van der Waals surface area contributed by atoms with Crippen LogP contribution in [0.3, 0.4) is 0 Å². The minimum absolute atomic E-state index is 0.0284. The summed E-state index contributed by atoms with van der Waals surface area (Å²) in [4.78, 5) is 20.4. The van der Waals surface area contributed by atoms with Crippen LogP contribution < -0.4 is 5.43 Å². The third-order valence-electron chi connectivity index (χ3n) is 3.50. The van der Waals surface area contributed by atoms with Crippen LogP contribution in [0, 0.1) is 20.2 Å². The Morgan fingerprint density at radius 2 is 1.85 bits per heavy atom. The molecule has 0 fully saturated rings. The second-order valence-corrected chi connectivity index (χ2v) is 6.21. The van der Waals surface area contributed by atoms with Gasteiger partial charge in [-0.25, -0.2) is 0 Å². The summed E-state index contributed by atoms with van der Waals surface area (Å²) in [5, 5.41) is 25.7. The van der Waals surface area contributed by atoms with Gasteiger partial charge in [0.1, 0.15) is 17.2 Å². The van der Waals surface area contributed by atoms with E-state index in [0.29, 0.717) is 11.5 Å². The van der Waals surface area contributed by atoms with Crippen molar-refractivity contribution in [2.45, 2.75) is 0 Å². The predicted octanol–water partition coefficient (Wildman–Crippen LogP) is 4.97. The molecule has 9 nitrogen and oxygen atoms in total. The maximum absolute atomic E-state index is 11.1. The van der Waals surface area contributed by atoms with Crippen molar-refractivity contribution in [3.05, 3.63) is 85.1 Å². The molecule has 0 saturated heterocycles. The van der Waals surface area contributed by atoms with Crippen molar-refractivity contribution in [3.63, 3.8) is 0 Å². The number of nitro benzene ring substituents is 2. The Morgan fingerprint density at radius 1 is 1.04 bits per heavy atom. The highest BCUT2D eigenvalue weighted by Gasteiger charge is 2.19. The second-order valence-electron chi connectivity index (χ2n) is 5.30. The van der Waals surface area contributed by atoms with Gasteiger partial charge in [-0.2, -0.15) is 5.10 Å². The van der Waals surface area contributed by atoms with Gasteiger partial charge in [-0.05, 0) is 30.3 Å². The molecule has 0 amide bonds. The molecule has 27 heavy (non-hydrogen) atoms. The highest BCUT2D eigenvalue weighted by atomic mass is 79.9. The van der Waals surface area contributed by atoms with Crippen LogP contribution in [0.25, 0.3) is 11.3 Å². The van der Waals surface area contributed by atoms with Gasteiger partial charge in [-0.1, -0.05) is 28.1 Å². The summed E-state index contributed by atoms with van der Waals surface area (Å²) in [6, 6.07) is 14.3. The number of hydrazone groups is 1. The van der Waals surface area contributed by atoms with Crippen molar-refractivity contribution < 1.29 is 14.3 Å². The van der Waals surface area contributed by atoms with E-state index in [-0.39, 0.29) is 11.4 Å². The van der Waals surface area contributed by atoms with E-state index in [0.717, 1.165) is 22.2 Å². The molecule has 0 unspecified atom stereocenters. The summed E-state index contributed by atoms with van der Waals surface area (Å²) in [7, 11) is 0. The van der Waals surface area contributed by atoms with Gasteiger partial charge in [-0.3, -0.25) is 25.7 Å². The topological polar surface area (TPSA) is 124 Å². The number of non-ortho nitro benzene ring substituents is 1. The van der Waals surface area contributed by atoms with Crippen molar-refractivity contribution in [1.82, 2.24) is 0 Å². The predicted molar refractivity (Wildman–Crippen MR) is 103 cm³/mol. The Labute approximate surface area is 160 Å². The Bertz CT molecular complexity index is 1050. The molecule has 3 aromatic rings. The minimum atomic E-state index is -0.719. The second kappa shape index (κ2) is 7.79. The summed E-state index contributed by atoms with van der Waals surface area (Å²) in [5.41, 5.74) is 2.59. The smallest absolute Gasteiger partial charge is 0.301 e. The van der Waals surface area contributed by atoms with E-state index >= 15 is 0 Å². The lowest BCUT2D eigenvalue weighted by atomic mass is 10.2. The lowest BCUT2D eigenvalue weighted by Crippen LogP contribution is -1.98. The highest BCUT2D eigenvalue weighted by molar-refractivity contribution is 9.10. The van der Waals surface area contributed by atoms with E-state index in [4.69, 9.17) is 4.42 Å². The number of nitrogens with zero attached hydrogens (tertiary/aromatic N) is 3. The van der Waals surface area contributed by atoms with Crippen molar-refractivity contribution >= 4 is 39.2 Å². The van der Waals surface area contributed by atoms with Crippen molar-refractivity contribution in [2.75, 3.05) is 5.43 Å². The zero-order valence-electron chi connectivity index (χ0n) is 13.5. The number of hydrogen-bond donors (Lipinski definition) is 1. The number of nitrogens with one attached hydrogen (secondary N) is 1. The average Bonchev–Trinajstić information content (AvgIpc) is 3.10. The molecule has 3 rings (SSSR count). The number of furan rings is 1. The maximum atomic E-state index is 11.1. The molecule has 10 heteroatoms. The summed E-state index contributed by atoms with van der Waals surface area (Å²) in [5.74, 6) is 1.07. The quantitative estimate of drug-likeness (QED) is 0.334. The fraction of sp³-hybridized carbons (Fsp3) is 0. The first-order valence-corrected chi connectivity index (χ1v) is 8.31. The molecule has 136 valence electrons. The Balaban J connectivity index is 1.76. The first-order valence-electron chi connectivity index (χ1n) is 7.52. The standard InChI is InChI=1S/C17H11BrN4O5/c18-12-3-1-2-11(8-12)17-7-5-14(27-17)10-19-20-15-6-4-13(21(23)24)9-16(15)22(25)26/h1-10,20H/b19-10+. The normalized spacial score (nSPS) is 10.9. The zero-order valence-corrected chi connectivity index (χ0v) is 15.1. The van der Waals surface area contributed by atoms with Gasteiger partial charge in [0.25, 0.3) is 5.69 Å². The monoisotopic (exact) mass is 430 g/mol. The number of benzene rings is 2. The molecule has 0 aliphatic carbocycles. The van der Waals surface area contributed by atoms with Crippen LogP contribution >= 0.6 is 15.9 Å². The molecular formula is C17H11BrN4O5. The number of halogens is 1. The first kappa shape index (κ1) is 18.3. The van der Waals surface area contributed by atoms with Crippen LogP contribution in [0.2, 0.25) is 0 Å². The molecule has 0 radical (unpaired) electrons. The van der Waals surface area contributed by atoms with Crippen LogP contribution in [0.4, 0.5) is 17.1 Å². The number of hydrogen-bond acceptors (Lipinski definition) is 7. The summed E-state index contributed by atoms with van der Waals surface area (Å²) >= 11 is 3.39. The van der Waals surface area contributed by atoms with E-state index in [1.165, 1.54) is 12.3 Å². The largest absolute Gasteiger partial charge is 0.455 e. The number of nitro groups is 2. The Hall–Kier alpha value is -3.53. The third-order valence-corrected chi connectivity index (χ3v) is 3.99. The zero-order chi connectivity index (χ0) is 19.4. The van der Waals surface area contributed by atoms with Gasteiger partial charge in [0.05, 0.1) is 22.1 Å². The SMILES string of the molecule is O=[N+]([O-])c1ccc(N/N=C/c2ccc(-c3cccc(Br)c3)o2)c([N+](=O)[O-])c1. The van der Waals surface area contributed by atoms with Crippen molar-refractivity contribution in [2.24, 2.45) is 5.10 Å². The molecule has 0 atom stereocenters. The summed E-state index contributed by atoms with van der Waals surface area (Å²) in [6.45, 7) is 0. The first-order chi connectivity index (χ1) is 12.9. The van der Waals surface area contributed by atoms with Crippen molar-refractivity contribution in [3.8, 4) is 11.3 Å². The van der Waals surface area contributed by atoms with Gasteiger partial charge < -0.3 is 4.42 Å². The summed E-state index contributed by atoms with van der Waals surface area (Å²) < 4.78 is 6.57. The number of rotatable bonds is 6. The lowest BCUT2D eigenvalue weighted by molar-refractivity contribution is -0.393. The molecular weight excluding hydrogens is 420 g/mol. The molecule has 1 aromatic heterocycles. The molecule has 0 bridgehead atoms. The fourth-order valence-electron chi connectivity index (χ4n) is 2.26. The number of anilines is 1. The van der Waals surface area contributed by atoms with E-state index in [1.54, 1.807) is 12.1 Å². The fourth-order valence-corrected chi connectivity index (χ4v) is 2.66.